The van der Waals surface area contributed by atoms with Crippen LogP contribution in [-0.4, -0.2) is 54.1 Å². The second kappa shape index (κ2) is 8.70. The van der Waals surface area contributed by atoms with Gasteiger partial charge in [-0.2, -0.15) is 0 Å². The summed E-state index contributed by atoms with van der Waals surface area (Å²) in [5.41, 5.74) is 3.26. The van der Waals surface area contributed by atoms with E-state index in [9.17, 15) is 4.79 Å². The molecule has 1 N–H and O–H groups in total. The van der Waals surface area contributed by atoms with Crippen molar-refractivity contribution >= 4 is 28.8 Å². The summed E-state index contributed by atoms with van der Waals surface area (Å²) in [6.07, 6.45) is 4.69. The van der Waals surface area contributed by atoms with Gasteiger partial charge in [0, 0.05) is 37.6 Å². The topological polar surface area (TPSA) is 64.6 Å². The molecular formula is C22H24N6O. The number of anilines is 4. The molecule has 7 heteroatoms. The number of hydrogen-bond donors (Lipinski definition) is 1. The standard InChI is InChI=1S/C22H24N6O/c1-26-11-13-27(14-12-26)19-9-7-18(8-10-19)25-22(29)28(20-5-3-2-4-6-20)21-15-23-17-24-16-21/h2-10,15-17H,11-14H2,1H3,(H,25,29). The van der Waals surface area contributed by atoms with Gasteiger partial charge in [0.15, 0.2) is 0 Å². The van der Waals surface area contributed by atoms with Crippen LogP contribution in [0.1, 0.15) is 0 Å². The number of benzene rings is 2. The minimum Gasteiger partial charge on any atom is -0.369 e. The Morgan fingerprint density at radius 2 is 1.55 bits per heavy atom. The molecule has 1 saturated heterocycles. The van der Waals surface area contributed by atoms with Gasteiger partial charge in [0.2, 0.25) is 0 Å². The van der Waals surface area contributed by atoms with Gasteiger partial charge in [-0.25, -0.2) is 14.8 Å². The average molecular weight is 388 g/mol. The summed E-state index contributed by atoms with van der Waals surface area (Å²) in [6, 6.07) is 17.2. The van der Waals surface area contributed by atoms with Crippen LogP contribution in [0, 0.1) is 0 Å². The van der Waals surface area contributed by atoms with E-state index in [1.807, 2.05) is 42.5 Å². The van der Waals surface area contributed by atoms with Crippen LogP contribution in [0.25, 0.3) is 0 Å². The molecule has 1 aromatic heterocycles. The highest BCUT2D eigenvalue weighted by Gasteiger charge is 2.19. The maximum Gasteiger partial charge on any atom is 0.331 e. The van der Waals surface area contributed by atoms with Crippen molar-refractivity contribution in [1.82, 2.24) is 14.9 Å². The molecule has 1 aliphatic rings. The number of urea groups is 1. The van der Waals surface area contributed by atoms with Crippen LogP contribution in [0.15, 0.2) is 73.3 Å². The van der Waals surface area contributed by atoms with Crippen LogP contribution >= 0.6 is 0 Å². The number of likely N-dealkylation sites (N-methyl/N-ethyl adjacent to an activating group) is 1. The van der Waals surface area contributed by atoms with Crippen LogP contribution < -0.4 is 15.1 Å². The molecule has 2 aromatic carbocycles. The van der Waals surface area contributed by atoms with Crippen molar-refractivity contribution in [3.8, 4) is 0 Å². The third-order valence-corrected chi connectivity index (χ3v) is 5.01. The van der Waals surface area contributed by atoms with Gasteiger partial charge in [0.1, 0.15) is 6.33 Å². The first-order chi connectivity index (χ1) is 14.2. The Bertz CT molecular complexity index is 885. The fraction of sp³-hybridized carbons (Fsp3) is 0.227. The Kier molecular flexibility index (Phi) is 5.67. The van der Waals surface area contributed by atoms with Gasteiger partial charge >= 0.3 is 6.03 Å². The average Bonchev–Trinajstić information content (AvgIpc) is 2.77. The Balaban J connectivity index is 1.50. The van der Waals surface area contributed by atoms with Crippen molar-refractivity contribution in [1.29, 1.82) is 0 Å². The van der Waals surface area contributed by atoms with E-state index in [1.165, 1.54) is 12.0 Å². The number of carbonyl (C=O) groups excluding carboxylic acids is 1. The zero-order valence-corrected chi connectivity index (χ0v) is 16.4. The summed E-state index contributed by atoms with van der Waals surface area (Å²) < 4.78 is 0. The monoisotopic (exact) mass is 388 g/mol. The molecule has 0 unspecified atom stereocenters. The molecule has 0 aliphatic carbocycles. The number of amides is 2. The SMILES string of the molecule is CN1CCN(c2ccc(NC(=O)N(c3ccccc3)c3cncnc3)cc2)CC1. The van der Waals surface area contributed by atoms with Crippen molar-refractivity contribution in [2.24, 2.45) is 0 Å². The summed E-state index contributed by atoms with van der Waals surface area (Å²) in [5, 5.41) is 2.98. The normalized spacial score (nSPS) is 14.4. The molecule has 7 nitrogen and oxygen atoms in total. The molecule has 2 heterocycles. The number of piperazine rings is 1. The summed E-state index contributed by atoms with van der Waals surface area (Å²) >= 11 is 0. The van der Waals surface area contributed by atoms with Gasteiger partial charge in [-0.15, -0.1) is 0 Å². The molecule has 4 rings (SSSR count). The van der Waals surface area contributed by atoms with Gasteiger partial charge < -0.3 is 15.1 Å². The molecule has 1 aliphatic heterocycles. The molecule has 148 valence electrons. The fourth-order valence-electron chi connectivity index (χ4n) is 3.37. The second-order valence-electron chi connectivity index (χ2n) is 7.03. The number of nitrogens with zero attached hydrogens (tertiary/aromatic N) is 5. The Morgan fingerprint density at radius 3 is 2.21 bits per heavy atom. The maximum atomic E-state index is 13.1. The predicted octanol–water partition coefficient (Wildman–Crippen LogP) is 3.60. The van der Waals surface area contributed by atoms with Gasteiger partial charge in [-0.3, -0.25) is 4.90 Å². The number of nitrogens with one attached hydrogen (secondary N) is 1. The molecule has 2 amide bonds. The zero-order chi connectivity index (χ0) is 20.1. The Hall–Kier alpha value is -3.45. The van der Waals surface area contributed by atoms with E-state index in [0.29, 0.717) is 5.69 Å². The first kappa shape index (κ1) is 18.9. The molecule has 3 aromatic rings. The molecule has 0 atom stereocenters. The molecule has 0 radical (unpaired) electrons. The molecule has 1 fully saturated rings. The lowest BCUT2D eigenvalue weighted by Gasteiger charge is -2.34. The minimum absolute atomic E-state index is 0.265. The third-order valence-electron chi connectivity index (χ3n) is 5.01. The third kappa shape index (κ3) is 4.52. The molecule has 29 heavy (non-hydrogen) atoms. The van der Waals surface area contributed by atoms with Crippen molar-refractivity contribution < 1.29 is 4.79 Å². The van der Waals surface area contributed by atoms with Gasteiger partial charge in [-0.05, 0) is 43.4 Å². The molecule has 0 saturated carbocycles. The highest BCUT2D eigenvalue weighted by molar-refractivity contribution is 6.06. The van der Waals surface area contributed by atoms with Crippen molar-refractivity contribution in [2.45, 2.75) is 0 Å². The molecular weight excluding hydrogens is 364 g/mol. The van der Waals surface area contributed by atoms with Gasteiger partial charge in [0.25, 0.3) is 0 Å². The van der Waals surface area contributed by atoms with Crippen molar-refractivity contribution in [3.05, 3.63) is 73.3 Å². The summed E-state index contributed by atoms with van der Waals surface area (Å²) in [5.74, 6) is 0. The smallest absolute Gasteiger partial charge is 0.331 e. The Labute approximate surface area is 170 Å². The molecule has 0 spiro atoms. The second-order valence-corrected chi connectivity index (χ2v) is 7.03. The number of aromatic nitrogens is 2. The van der Waals surface area contributed by atoms with E-state index in [-0.39, 0.29) is 6.03 Å². The van der Waals surface area contributed by atoms with Crippen molar-refractivity contribution in [2.75, 3.05) is 48.3 Å². The lowest BCUT2D eigenvalue weighted by atomic mass is 10.2. The first-order valence-electron chi connectivity index (χ1n) is 9.65. The van der Waals surface area contributed by atoms with Crippen LogP contribution in [0.5, 0.6) is 0 Å². The lowest BCUT2D eigenvalue weighted by Crippen LogP contribution is -2.44. The van der Waals surface area contributed by atoms with E-state index in [2.05, 4.69) is 44.3 Å². The van der Waals surface area contributed by atoms with E-state index in [1.54, 1.807) is 17.3 Å². The number of rotatable bonds is 4. The highest BCUT2D eigenvalue weighted by atomic mass is 16.2. The maximum absolute atomic E-state index is 13.1. The van der Waals surface area contributed by atoms with Crippen LogP contribution in [0.3, 0.4) is 0 Å². The fourth-order valence-corrected chi connectivity index (χ4v) is 3.37. The summed E-state index contributed by atoms with van der Waals surface area (Å²) in [6.45, 7) is 4.14. The van der Waals surface area contributed by atoms with E-state index < -0.39 is 0 Å². The van der Waals surface area contributed by atoms with Crippen LogP contribution in [0.4, 0.5) is 27.5 Å². The van der Waals surface area contributed by atoms with Crippen LogP contribution in [-0.2, 0) is 0 Å². The molecule has 0 bridgehead atoms. The summed E-state index contributed by atoms with van der Waals surface area (Å²) in [4.78, 5) is 27.4. The number of carbonyl (C=O) groups is 1. The lowest BCUT2D eigenvalue weighted by molar-refractivity contribution is 0.259. The van der Waals surface area contributed by atoms with E-state index in [0.717, 1.165) is 37.6 Å². The van der Waals surface area contributed by atoms with Crippen molar-refractivity contribution in [3.63, 3.8) is 0 Å². The van der Waals surface area contributed by atoms with Gasteiger partial charge in [0.05, 0.1) is 23.8 Å². The van der Waals surface area contributed by atoms with E-state index in [4.69, 9.17) is 0 Å². The van der Waals surface area contributed by atoms with Crippen LogP contribution in [0.2, 0.25) is 0 Å². The highest BCUT2D eigenvalue weighted by Crippen LogP contribution is 2.26. The largest absolute Gasteiger partial charge is 0.369 e. The predicted molar refractivity (Wildman–Crippen MR) is 116 cm³/mol. The summed E-state index contributed by atoms with van der Waals surface area (Å²) in [7, 11) is 2.15. The van der Waals surface area contributed by atoms with E-state index >= 15 is 0 Å². The minimum atomic E-state index is -0.265. The first-order valence-corrected chi connectivity index (χ1v) is 9.65. The number of para-hydroxylation sites is 1. The quantitative estimate of drug-likeness (QED) is 0.740. The zero-order valence-electron chi connectivity index (χ0n) is 16.4. The van der Waals surface area contributed by atoms with Gasteiger partial charge in [-0.1, -0.05) is 18.2 Å². The Morgan fingerprint density at radius 1 is 0.897 bits per heavy atom. The number of hydrogen-bond acceptors (Lipinski definition) is 5.